The molecule has 1 rings (SSSR count). The summed E-state index contributed by atoms with van der Waals surface area (Å²) in [6.45, 7) is 7.30. The van der Waals surface area contributed by atoms with E-state index in [0.29, 0.717) is 13.0 Å². The van der Waals surface area contributed by atoms with Gasteiger partial charge in [0, 0.05) is 6.54 Å². The lowest BCUT2D eigenvalue weighted by Crippen LogP contribution is -2.38. The smallest absolute Gasteiger partial charge is 0.320 e. The first-order valence-corrected chi connectivity index (χ1v) is 7.08. The molecule has 1 N–H and O–H groups in total. The molecule has 112 valence electrons. The number of aryl methyl sites for hydroxylation is 2. The lowest BCUT2D eigenvalue weighted by Gasteiger charge is -2.23. The van der Waals surface area contributed by atoms with E-state index in [1.807, 2.05) is 44.9 Å². The molecule has 1 aromatic rings. The lowest BCUT2D eigenvalue weighted by atomic mass is 10.1. The van der Waals surface area contributed by atoms with Crippen LogP contribution in [0.5, 0.6) is 5.75 Å². The number of hydrogen-bond donors (Lipinski definition) is 1. The molecule has 0 fully saturated rings. The molecule has 4 heteroatoms. The number of aliphatic carboxylic acids is 1. The molecule has 0 aromatic heterocycles. The van der Waals surface area contributed by atoms with E-state index in [4.69, 9.17) is 9.84 Å². The minimum atomic E-state index is -0.759. The van der Waals surface area contributed by atoms with Crippen LogP contribution in [0.2, 0.25) is 0 Å². The molecule has 0 aliphatic rings. The van der Waals surface area contributed by atoms with Gasteiger partial charge < -0.3 is 9.84 Å². The second kappa shape index (κ2) is 7.90. The average molecular weight is 279 g/mol. The van der Waals surface area contributed by atoms with Crippen molar-refractivity contribution >= 4 is 5.97 Å². The molecule has 0 aliphatic heterocycles. The second-order valence-corrected chi connectivity index (χ2v) is 5.27. The van der Waals surface area contributed by atoms with Crippen molar-refractivity contribution in [1.82, 2.24) is 4.90 Å². The fourth-order valence-electron chi connectivity index (χ4n) is 2.35. The predicted molar refractivity (Wildman–Crippen MR) is 80.4 cm³/mol. The van der Waals surface area contributed by atoms with Crippen molar-refractivity contribution in [3.8, 4) is 5.75 Å². The van der Waals surface area contributed by atoms with Crippen LogP contribution in [0, 0.1) is 13.8 Å². The van der Waals surface area contributed by atoms with Crippen LogP contribution in [-0.4, -0.2) is 42.2 Å². The van der Waals surface area contributed by atoms with E-state index in [1.165, 1.54) is 11.1 Å². The highest BCUT2D eigenvalue weighted by molar-refractivity contribution is 5.73. The monoisotopic (exact) mass is 279 g/mol. The van der Waals surface area contributed by atoms with Gasteiger partial charge in [-0.3, -0.25) is 9.69 Å². The lowest BCUT2D eigenvalue weighted by molar-refractivity contribution is -0.142. The average Bonchev–Trinajstić information content (AvgIpc) is 2.34. The SMILES string of the molecule is CCC(C(=O)O)N(C)CCCOc1cc(C)cc(C)c1. The molecule has 0 bridgehead atoms. The van der Waals surface area contributed by atoms with Crippen LogP contribution in [0.3, 0.4) is 0 Å². The van der Waals surface area contributed by atoms with Crippen LogP contribution in [-0.2, 0) is 4.79 Å². The topological polar surface area (TPSA) is 49.8 Å². The number of carbonyl (C=O) groups is 1. The summed E-state index contributed by atoms with van der Waals surface area (Å²) in [7, 11) is 1.85. The normalized spacial score (nSPS) is 12.4. The van der Waals surface area contributed by atoms with Crippen molar-refractivity contribution in [3.63, 3.8) is 0 Å². The van der Waals surface area contributed by atoms with E-state index in [0.717, 1.165) is 18.7 Å². The third kappa shape index (κ3) is 5.21. The molecule has 4 nitrogen and oxygen atoms in total. The molecular weight excluding hydrogens is 254 g/mol. The van der Waals surface area contributed by atoms with Crippen LogP contribution in [0.25, 0.3) is 0 Å². The number of benzene rings is 1. The minimum Gasteiger partial charge on any atom is -0.494 e. The van der Waals surface area contributed by atoms with Crippen LogP contribution in [0.15, 0.2) is 18.2 Å². The molecule has 0 saturated heterocycles. The van der Waals surface area contributed by atoms with Gasteiger partial charge in [-0.25, -0.2) is 0 Å². The first kappa shape index (κ1) is 16.5. The van der Waals surface area contributed by atoms with Gasteiger partial charge in [0.05, 0.1) is 6.61 Å². The zero-order chi connectivity index (χ0) is 15.1. The van der Waals surface area contributed by atoms with E-state index in [-0.39, 0.29) is 0 Å². The Balaban J connectivity index is 2.36. The van der Waals surface area contributed by atoms with Crippen molar-refractivity contribution in [2.75, 3.05) is 20.2 Å². The molecule has 20 heavy (non-hydrogen) atoms. The van der Waals surface area contributed by atoms with Crippen LogP contribution < -0.4 is 4.74 Å². The summed E-state index contributed by atoms with van der Waals surface area (Å²) < 4.78 is 5.72. The maximum atomic E-state index is 11.0. The van der Waals surface area contributed by atoms with Gasteiger partial charge in [0.15, 0.2) is 0 Å². The maximum absolute atomic E-state index is 11.0. The Labute approximate surface area is 121 Å². The first-order valence-electron chi connectivity index (χ1n) is 7.08. The van der Waals surface area contributed by atoms with E-state index >= 15 is 0 Å². The first-order chi connectivity index (χ1) is 9.43. The third-order valence-corrected chi connectivity index (χ3v) is 3.32. The zero-order valence-electron chi connectivity index (χ0n) is 12.8. The standard InChI is InChI=1S/C16H25NO3/c1-5-15(16(18)19)17(4)7-6-8-20-14-10-12(2)9-13(3)11-14/h9-11,15H,5-8H2,1-4H3,(H,18,19). The molecule has 0 aliphatic carbocycles. The Hall–Kier alpha value is -1.55. The number of likely N-dealkylation sites (N-methyl/N-ethyl adjacent to an activating group) is 1. The molecule has 0 heterocycles. The van der Waals surface area contributed by atoms with Crippen LogP contribution >= 0.6 is 0 Å². The summed E-state index contributed by atoms with van der Waals surface area (Å²) >= 11 is 0. The number of rotatable bonds is 8. The van der Waals surface area contributed by atoms with Gasteiger partial charge in [-0.15, -0.1) is 0 Å². The van der Waals surface area contributed by atoms with Gasteiger partial charge in [0.2, 0.25) is 0 Å². The van der Waals surface area contributed by atoms with Gasteiger partial charge in [-0.2, -0.15) is 0 Å². The van der Waals surface area contributed by atoms with E-state index in [2.05, 4.69) is 6.07 Å². The summed E-state index contributed by atoms with van der Waals surface area (Å²) in [5.41, 5.74) is 2.38. The molecule has 1 atom stereocenters. The van der Waals surface area contributed by atoms with Crippen molar-refractivity contribution in [2.24, 2.45) is 0 Å². The Kier molecular flexibility index (Phi) is 6.52. The van der Waals surface area contributed by atoms with Gasteiger partial charge in [0.25, 0.3) is 0 Å². The molecule has 0 radical (unpaired) electrons. The summed E-state index contributed by atoms with van der Waals surface area (Å²) in [5.74, 6) is 0.126. The van der Waals surface area contributed by atoms with E-state index in [1.54, 1.807) is 0 Å². The minimum absolute atomic E-state index is 0.406. The number of carboxylic acid groups (broad SMARTS) is 1. The molecule has 0 spiro atoms. The van der Waals surface area contributed by atoms with Crippen molar-refractivity contribution in [2.45, 2.75) is 39.7 Å². The highest BCUT2D eigenvalue weighted by Gasteiger charge is 2.19. The molecule has 0 amide bonds. The van der Waals surface area contributed by atoms with Crippen LogP contribution in [0.4, 0.5) is 0 Å². The largest absolute Gasteiger partial charge is 0.494 e. The number of nitrogens with zero attached hydrogens (tertiary/aromatic N) is 1. The number of hydrogen-bond acceptors (Lipinski definition) is 3. The van der Waals surface area contributed by atoms with E-state index in [9.17, 15) is 4.79 Å². The van der Waals surface area contributed by atoms with Crippen molar-refractivity contribution < 1.29 is 14.6 Å². The van der Waals surface area contributed by atoms with Gasteiger partial charge in [-0.1, -0.05) is 13.0 Å². The molecule has 1 unspecified atom stereocenters. The highest BCUT2D eigenvalue weighted by atomic mass is 16.5. The molecular formula is C16H25NO3. The third-order valence-electron chi connectivity index (χ3n) is 3.32. The number of ether oxygens (including phenoxy) is 1. The van der Waals surface area contributed by atoms with Gasteiger partial charge in [-0.05, 0) is 57.0 Å². The molecule has 1 aromatic carbocycles. The second-order valence-electron chi connectivity index (χ2n) is 5.27. The highest BCUT2D eigenvalue weighted by Crippen LogP contribution is 2.16. The fourth-order valence-corrected chi connectivity index (χ4v) is 2.35. The Morgan fingerprint density at radius 1 is 1.30 bits per heavy atom. The number of carboxylic acids is 1. The van der Waals surface area contributed by atoms with Gasteiger partial charge >= 0.3 is 5.97 Å². The van der Waals surface area contributed by atoms with Crippen molar-refractivity contribution in [1.29, 1.82) is 0 Å². The predicted octanol–water partition coefficient (Wildman–Crippen LogP) is 2.87. The van der Waals surface area contributed by atoms with Gasteiger partial charge in [0.1, 0.15) is 11.8 Å². The van der Waals surface area contributed by atoms with E-state index < -0.39 is 12.0 Å². The van der Waals surface area contributed by atoms with Crippen molar-refractivity contribution in [3.05, 3.63) is 29.3 Å². The Morgan fingerprint density at radius 2 is 1.90 bits per heavy atom. The summed E-state index contributed by atoms with van der Waals surface area (Å²) in [5, 5.41) is 9.07. The summed E-state index contributed by atoms with van der Waals surface area (Å²) in [6, 6.07) is 5.74. The summed E-state index contributed by atoms with van der Waals surface area (Å²) in [6.07, 6.45) is 1.43. The fraction of sp³-hybridized carbons (Fsp3) is 0.562. The molecule has 0 saturated carbocycles. The quantitative estimate of drug-likeness (QED) is 0.743. The van der Waals surface area contributed by atoms with Crippen LogP contribution in [0.1, 0.15) is 30.9 Å². The Morgan fingerprint density at radius 3 is 2.40 bits per heavy atom. The maximum Gasteiger partial charge on any atom is 0.320 e. The zero-order valence-corrected chi connectivity index (χ0v) is 12.8. The summed E-state index contributed by atoms with van der Waals surface area (Å²) in [4.78, 5) is 12.9. The Bertz CT molecular complexity index is 425.